The molecule has 1 aromatic carbocycles. The summed E-state index contributed by atoms with van der Waals surface area (Å²) in [5.41, 5.74) is 0.877. The molecule has 0 aromatic heterocycles. The molecule has 108 valence electrons. The molecule has 6 heteroatoms. The molecule has 1 atom stereocenters. The van der Waals surface area contributed by atoms with E-state index >= 15 is 0 Å². The lowest BCUT2D eigenvalue weighted by molar-refractivity contribution is 0.266. The summed E-state index contributed by atoms with van der Waals surface area (Å²) in [7, 11) is -0.337. The summed E-state index contributed by atoms with van der Waals surface area (Å²) in [5.74, 6) is 0.371. The fraction of sp³-hybridized carbons (Fsp3) is 0.538. The van der Waals surface area contributed by atoms with Crippen LogP contribution in [0.25, 0.3) is 0 Å². The number of benzene rings is 1. The number of hydrogen-bond acceptors (Lipinski definition) is 4. The Labute approximate surface area is 115 Å². The summed E-state index contributed by atoms with van der Waals surface area (Å²) in [6.45, 7) is 2.98. The Morgan fingerprint density at radius 2 is 1.84 bits per heavy atom. The molecule has 0 radical (unpaired) electrons. The second-order valence-electron chi connectivity index (χ2n) is 4.81. The van der Waals surface area contributed by atoms with Gasteiger partial charge in [0, 0.05) is 32.9 Å². The number of sulfonamides is 1. The average Bonchev–Trinajstić information content (AvgIpc) is 2.37. The molecule has 0 spiro atoms. The van der Waals surface area contributed by atoms with E-state index < -0.39 is 10.0 Å². The standard InChI is InChI=1S/C13H22N2O3S/c1-11(8-9-16)10-14-12-4-6-13(7-5-12)19(17,18)15(2)3/h4-7,11,14,16H,8-10H2,1-3H3. The molecule has 0 saturated heterocycles. The van der Waals surface area contributed by atoms with Gasteiger partial charge in [-0.2, -0.15) is 0 Å². The quantitative estimate of drug-likeness (QED) is 0.794. The van der Waals surface area contributed by atoms with Gasteiger partial charge in [-0.3, -0.25) is 0 Å². The third-order valence-corrected chi connectivity index (χ3v) is 4.74. The average molecular weight is 286 g/mol. The lowest BCUT2D eigenvalue weighted by Gasteiger charge is -2.14. The van der Waals surface area contributed by atoms with Crippen molar-refractivity contribution in [1.82, 2.24) is 4.31 Å². The molecule has 0 fully saturated rings. The van der Waals surface area contributed by atoms with Crippen LogP contribution in [0.5, 0.6) is 0 Å². The van der Waals surface area contributed by atoms with Crippen LogP contribution in [-0.2, 0) is 10.0 Å². The summed E-state index contributed by atoms with van der Waals surface area (Å²) >= 11 is 0. The van der Waals surface area contributed by atoms with E-state index in [2.05, 4.69) is 5.32 Å². The zero-order valence-corrected chi connectivity index (χ0v) is 12.4. The topological polar surface area (TPSA) is 69.6 Å². The summed E-state index contributed by atoms with van der Waals surface area (Å²) < 4.78 is 24.9. The van der Waals surface area contributed by atoms with Gasteiger partial charge in [-0.25, -0.2) is 12.7 Å². The van der Waals surface area contributed by atoms with Crippen LogP contribution in [0.4, 0.5) is 5.69 Å². The molecular formula is C13H22N2O3S. The highest BCUT2D eigenvalue weighted by atomic mass is 32.2. The maximum Gasteiger partial charge on any atom is 0.242 e. The van der Waals surface area contributed by atoms with Crippen LogP contribution in [0.3, 0.4) is 0 Å². The van der Waals surface area contributed by atoms with E-state index in [0.717, 1.165) is 18.7 Å². The molecule has 19 heavy (non-hydrogen) atoms. The van der Waals surface area contributed by atoms with Crippen molar-refractivity contribution in [3.05, 3.63) is 24.3 Å². The van der Waals surface area contributed by atoms with Gasteiger partial charge in [0.1, 0.15) is 0 Å². The van der Waals surface area contributed by atoms with Crippen molar-refractivity contribution >= 4 is 15.7 Å². The fourth-order valence-corrected chi connectivity index (χ4v) is 2.47. The van der Waals surface area contributed by atoms with Crippen LogP contribution >= 0.6 is 0 Å². The van der Waals surface area contributed by atoms with E-state index in [1.165, 1.54) is 18.4 Å². The lowest BCUT2D eigenvalue weighted by Crippen LogP contribution is -2.22. The van der Waals surface area contributed by atoms with Gasteiger partial charge in [-0.05, 0) is 36.6 Å². The van der Waals surface area contributed by atoms with Gasteiger partial charge >= 0.3 is 0 Å². The van der Waals surface area contributed by atoms with Crippen molar-refractivity contribution in [2.45, 2.75) is 18.2 Å². The molecule has 1 aromatic rings. The van der Waals surface area contributed by atoms with Crippen LogP contribution in [0.1, 0.15) is 13.3 Å². The smallest absolute Gasteiger partial charge is 0.242 e. The van der Waals surface area contributed by atoms with Gasteiger partial charge in [0.05, 0.1) is 4.90 Å². The fourth-order valence-electron chi connectivity index (χ4n) is 1.57. The molecule has 0 bridgehead atoms. The van der Waals surface area contributed by atoms with E-state index in [1.54, 1.807) is 24.3 Å². The molecule has 1 unspecified atom stereocenters. The molecule has 0 amide bonds. The van der Waals surface area contributed by atoms with E-state index in [-0.39, 0.29) is 11.5 Å². The first kappa shape index (κ1) is 15.9. The van der Waals surface area contributed by atoms with Crippen LogP contribution in [-0.4, -0.2) is 45.1 Å². The second kappa shape index (κ2) is 6.88. The molecule has 0 aliphatic heterocycles. The van der Waals surface area contributed by atoms with Crippen molar-refractivity contribution < 1.29 is 13.5 Å². The van der Waals surface area contributed by atoms with Gasteiger partial charge in [0.25, 0.3) is 0 Å². The third-order valence-electron chi connectivity index (χ3n) is 2.91. The van der Waals surface area contributed by atoms with Crippen LogP contribution in [0, 0.1) is 5.92 Å². The predicted molar refractivity (Wildman–Crippen MR) is 76.7 cm³/mol. The Bertz CT molecular complexity index is 483. The number of nitrogens with one attached hydrogen (secondary N) is 1. The highest BCUT2D eigenvalue weighted by molar-refractivity contribution is 7.89. The highest BCUT2D eigenvalue weighted by Crippen LogP contribution is 2.17. The predicted octanol–water partition coefficient (Wildman–Crippen LogP) is 1.37. The minimum Gasteiger partial charge on any atom is -0.396 e. The molecule has 0 saturated carbocycles. The Balaban J connectivity index is 2.67. The van der Waals surface area contributed by atoms with Crippen molar-refractivity contribution in [3.8, 4) is 0 Å². The molecule has 0 heterocycles. The zero-order chi connectivity index (χ0) is 14.5. The van der Waals surface area contributed by atoms with E-state index in [1.807, 2.05) is 6.92 Å². The molecule has 5 nitrogen and oxygen atoms in total. The SMILES string of the molecule is CC(CCO)CNc1ccc(S(=O)(=O)N(C)C)cc1. The summed E-state index contributed by atoms with van der Waals surface area (Å²) in [4.78, 5) is 0.284. The van der Waals surface area contributed by atoms with E-state index in [0.29, 0.717) is 5.92 Å². The summed E-state index contributed by atoms with van der Waals surface area (Å²) in [5, 5.41) is 12.0. The summed E-state index contributed by atoms with van der Waals surface area (Å²) in [6.07, 6.45) is 0.750. The van der Waals surface area contributed by atoms with Crippen molar-refractivity contribution in [1.29, 1.82) is 0 Å². The van der Waals surface area contributed by atoms with Gasteiger partial charge in [-0.1, -0.05) is 6.92 Å². The summed E-state index contributed by atoms with van der Waals surface area (Å²) in [6, 6.07) is 6.69. The molecular weight excluding hydrogens is 264 g/mol. The number of aliphatic hydroxyl groups is 1. The Morgan fingerprint density at radius 1 is 1.26 bits per heavy atom. The van der Waals surface area contributed by atoms with Crippen molar-refractivity contribution in [2.75, 3.05) is 32.6 Å². The van der Waals surface area contributed by atoms with Crippen molar-refractivity contribution in [2.24, 2.45) is 5.92 Å². The van der Waals surface area contributed by atoms with E-state index in [4.69, 9.17) is 5.11 Å². The first-order chi connectivity index (χ1) is 8.87. The van der Waals surface area contributed by atoms with Crippen LogP contribution in [0.15, 0.2) is 29.2 Å². The van der Waals surface area contributed by atoms with Crippen molar-refractivity contribution in [3.63, 3.8) is 0 Å². The monoisotopic (exact) mass is 286 g/mol. The highest BCUT2D eigenvalue weighted by Gasteiger charge is 2.16. The molecule has 0 aliphatic rings. The number of aliphatic hydroxyl groups excluding tert-OH is 1. The van der Waals surface area contributed by atoms with Gasteiger partial charge in [0.15, 0.2) is 0 Å². The molecule has 2 N–H and O–H groups in total. The third kappa shape index (κ3) is 4.49. The van der Waals surface area contributed by atoms with Gasteiger partial charge in [0.2, 0.25) is 10.0 Å². The maximum absolute atomic E-state index is 11.9. The van der Waals surface area contributed by atoms with Gasteiger partial charge < -0.3 is 10.4 Å². The minimum absolute atomic E-state index is 0.183. The first-order valence-electron chi connectivity index (χ1n) is 6.25. The minimum atomic E-state index is -3.36. The Morgan fingerprint density at radius 3 is 2.32 bits per heavy atom. The largest absolute Gasteiger partial charge is 0.396 e. The van der Waals surface area contributed by atoms with E-state index in [9.17, 15) is 8.42 Å². The Kier molecular flexibility index (Phi) is 5.78. The number of rotatable bonds is 7. The number of anilines is 1. The number of hydrogen-bond donors (Lipinski definition) is 2. The first-order valence-corrected chi connectivity index (χ1v) is 7.69. The number of nitrogens with zero attached hydrogens (tertiary/aromatic N) is 1. The second-order valence-corrected chi connectivity index (χ2v) is 6.96. The lowest BCUT2D eigenvalue weighted by atomic mass is 10.1. The van der Waals surface area contributed by atoms with Gasteiger partial charge in [-0.15, -0.1) is 0 Å². The molecule has 1 rings (SSSR count). The maximum atomic E-state index is 11.9. The Hall–Kier alpha value is -1.11. The zero-order valence-electron chi connectivity index (χ0n) is 11.6. The van der Waals surface area contributed by atoms with Crippen LogP contribution < -0.4 is 5.32 Å². The molecule has 0 aliphatic carbocycles. The normalized spacial score (nSPS) is 13.5. The van der Waals surface area contributed by atoms with Crippen LogP contribution in [0.2, 0.25) is 0 Å².